The highest BCUT2D eigenvalue weighted by atomic mass is 32.2. The Morgan fingerprint density at radius 3 is 2.64 bits per heavy atom. The van der Waals surface area contributed by atoms with Crippen molar-refractivity contribution in [2.75, 3.05) is 18.1 Å². The third-order valence-electron chi connectivity index (χ3n) is 3.84. The number of carbonyl (C=O) groups excluding carboxylic acids is 1. The van der Waals surface area contributed by atoms with Crippen LogP contribution in [-0.2, 0) is 16.4 Å². The first-order valence-corrected chi connectivity index (χ1v) is 9.88. The second-order valence-electron chi connectivity index (χ2n) is 5.84. The lowest BCUT2D eigenvalue weighted by molar-refractivity contribution is 0.0954. The van der Waals surface area contributed by atoms with Crippen LogP contribution in [0.4, 0.5) is 0 Å². The van der Waals surface area contributed by atoms with Crippen LogP contribution in [0, 0.1) is 6.92 Å². The molecule has 2 aromatic rings. The highest BCUT2D eigenvalue weighted by Crippen LogP contribution is 2.05. The zero-order valence-electron chi connectivity index (χ0n) is 14.4. The first-order chi connectivity index (χ1) is 11.8. The highest BCUT2D eigenvalue weighted by molar-refractivity contribution is 7.91. The minimum atomic E-state index is -3.16. The maximum Gasteiger partial charge on any atom is 0.263 e. The summed E-state index contributed by atoms with van der Waals surface area (Å²) in [7, 11) is -3.16. The Morgan fingerprint density at radius 1 is 1.20 bits per heavy atom. The molecule has 1 aromatic heterocycles. The highest BCUT2D eigenvalue weighted by Gasteiger charge is 2.14. The van der Waals surface area contributed by atoms with Crippen LogP contribution >= 0.6 is 0 Å². The number of rotatable bonds is 7. The van der Waals surface area contributed by atoms with Crippen molar-refractivity contribution in [1.82, 2.24) is 9.88 Å². The van der Waals surface area contributed by atoms with Gasteiger partial charge in [-0.2, -0.15) is 0 Å². The molecule has 0 radical (unpaired) electrons. The third-order valence-corrected chi connectivity index (χ3v) is 5.54. The summed E-state index contributed by atoms with van der Waals surface area (Å²) in [4.78, 5) is 24.7. The molecule has 6 nitrogen and oxygen atoms in total. The average Bonchev–Trinajstić information content (AvgIpc) is 2.56. The third kappa shape index (κ3) is 5.29. The summed E-state index contributed by atoms with van der Waals surface area (Å²) in [5.41, 5.74) is 1.66. The Morgan fingerprint density at radius 2 is 1.96 bits per heavy atom. The molecule has 7 heteroatoms. The molecule has 0 aliphatic heterocycles. The van der Waals surface area contributed by atoms with Crippen LogP contribution in [0.25, 0.3) is 0 Å². The molecule has 0 bridgehead atoms. The van der Waals surface area contributed by atoms with Gasteiger partial charge in [0.2, 0.25) is 0 Å². The fourth-order valence-corrected chi connectivity index (χ4v) is 3.10. The van der Waals surface area contributed by atoms with Crippen molar-refractivity contribution in [2.45, 2.75) is 20.4 Å². The summed E-state index contributed by atoms with van der Waals surface area (Å²) in [6.45, 7) is 3.88. The van der Waals surface area contributed by atoms with Crippen molar-refractivity contribution in [3.8, 4) is 0 Å². The van der Waals surface area contributed by atoms with Crippen LogP contribution in [0.2, 0.25) is 0 Å². The molecule has 134 valence electrons. The van der Waals surface area contributed by atoms with E-state index in [-0.39, 0.29) is 23.6 Å². The lowest BCUT2D eigenvalue weighted by Crippen LogP contribution is -2.35. The smallest absolute Gasteiger partial charge is 0.263 e. The summed E-state index contributed by atoms with van der Waals surface area (Å²) >= 11 is 0. The molecule has 0 spiro atoms. The van der Waals surface area contributed by atoms with E-state index in [0.29, 0.717) is 6.54 Å². The number of benzene rings is 1. The maximum atomic E-state index is 12.5. The summed E-state index contributed by atoms with van der Waals surface area (Å²) in [5.74, 6) is -0.674. The normalized spacial score (nSPS) is 11.3. The molecule has 1 heterocycles. The molecule has 0 saturated heterocycles. The first-order valence-electron chi connectivity index (χ1n) is 8.06. The summed E-state index contributed by atoms with van der Waals surface area (Å²) in [6.07, 6.45) is 1.63. The lowest BCUT2D eigenvalue weighted by atomic mass is 10.1. The molecule has 2 rings (SSSR count). The van der Waals surface area contributed by atoms with E-state index in [0.717, 1.165) is 11.1 Å². The van der Waals surface area contributed by atoms with Gasteiger partial charge in [0.15, 0.2) is 9.84 Å². The van der Waals surface area contributed by atoms with Gasteiger partial charge in [-0.05, 0) is 24.6 Å². The van der Waals surface area contributed by atoms with Gasteiger partial charge in [-0.3, -0.25) is 9.59 Å². The van der Waals surface area contributed by atoms with E-state index in [2.05, 4.69) is 5.32 Å². The van der Waals surface area contributed by atoms with Gasteiger partial charge in [0.05, 0.1) is 12.3 Å². The van der Waals surface area contributed by atoms with Crippen molar-refractivity contribution in [3.05, 3.63) is 69.6 Å². The molecule has 0 aliphatic carbocycles. The largest absolute Gasteiger partial charge is 0.351 e. The Bertz CT molecular complexity index is 917. The fourth-order valence-electron chi connectivity index (χ4n) is 2.40. The molecule has 0 aliphatic rings. The molecule has 0 fully saturated rings. The van der Waals surface area contributed by atoms with Crippen molar-refractivity contribution < 1.29 is 13.2 Å². The molecular formula is C18H22N2O4S. The van der Waals surface area contributed by atoms with E-state index in [9.17, 15) is 18.0 Å². The van der Waals surface area contributed by atoms with Crippen LogP contribution in [0.1, 0.15) is 28.4 Å². The number of sulfone groups is 1. The molecule has 1 N–H and O–H groups in total. The number of aromatic nitrogens is 1. The van der Waals surface area contributed by atoms with Gasteiger partial charge in [0.25, 0.3) is 11.5 Å². The number of hydrogen-bond donors (Lipinski definition) is 1. The second kappa shape index (κ2) is 8.11. The van der Waals surface area contributed by atoms with Gasteiger partial charge in [0, 0.05) is 18.5 Å². The van der Waals surface area contributed by atoms with Crippen LogP contribution in [0.15, 0.2) is 47.4 Å². The minimum absolute atomic E-state index is 0.00375. The Labute approximate surface area is 147 Å². The molecule has 1 amide bonds. The van der Waals surface area contributed by atoms with Gasteiger partial charge in [-0.15, -0.1) is 0 Å². The Kier molecular flexibility index (Phi) is 6.14. The van der Waals surface area contributed by atoms with E-state index in [1.165, 1.54) is 10.6 Å². The number of pyridine rings is 1. The average molecular weight is 362 g/mol. The van der Waals surface area contributed by atoms with Crippen molar-refractivity contribution >= 4 is 15.7 Å². The fraction of sp³-hybridized carbons (Fsp3) is 0.333. The monoisotopic (exact) mass is 362 g/mol. The second-order valence-corrected chi connectivity index (χ2v) is 8.31. The predicted octanol–water partition coefficient (Wildman–Crippen LogP) is 1.37. The van der Waals surface area contributed by atoms with Gasteiger partial charge in [-0.25, -0.2) is 8.42 Å². The van der Waals surface area contributed by atoms with Crippen molar-refractivity contribution in [3.63, 3.8) is 0 Å². The topological polar surface area (TPSA) is 85.2 Å². The molecule has 0 unspecified atom stereocenters. The van der Waals surface area contributed by atoms with E-state index in [4.69, 9.17) is 0 Å². The summed E-state index contributed by atoms with van der Waals surface area (Å²) in [6, 6.07) is 10.9. The van der Waals surface area contributed by atoms with Crippen LogP contribution in [-0.4, -0.2) is 36.9 Å². The zero-order valence-corrected chi connectivity index (χ0v) is 15.2. The summed E-state index contributed by atoms with van der Waals surface area (Å²) < 4.78 is 24.4. The van der Waals surface area contributed by atoms with E-state index >= 15 is 0 Å². The number of hydrogen-bond acceptors (Lipinski definition) is 4. The van der Waals surface area contributed by atoms with E-state index in [1.54, 1.807) is 19.2 Å². The van der Waals surface area contributed by atoms with Gasteiger partial charge in [-0.1, -0.05) is 36.8 Å². The molecule has 1 aromatic carbocycles. The Balaban J connectivity index is 2.12. The molecule has 0 saturated carbocycles. The van der Waals surface area contributed by atoms with Crippen molar-refractivity contribution in [1.29, 1.82) is 0 Å². The van der Waals surface area contributed by atoms with Crippen LogP contribution in [0.3, 0.4) is 0 Å². The van der Waals surface area contributed by atoms with E-state index < -0.39 is 21.3 Å². The molecule has 0 atom stereocenters. The van der Waals surface area contributed by atoms with E-state index in [1.807, 2.05) is 31.2 Å². The van der Waals surface area contributed by atoms with Gasteiger partial charge >= 0.3 is 0 Å². The molecule has 25 heavy (non-hydrogen) atoms. The maximum absolute atomic E-state index is 12.5. The SMILES string of the molecule is CCS(=O)(=O)CCNC(=O)c1cccn(Cc2cccc(C)c2)c1=O. The number of nitrogens with one attached hydrogen (secondary N) is 1. The number of nitrogens with zero attached hydrogens (tertiary/aromatic N) is 1. The standard InChI is InChI=1S/C18H22N2O4S/c1-3-25(23,24)11-9-19-17(21)16-8-5-10-20(18(16)22)13-15-7-4-6-14(2)12-15/h4-8,10,12H,3,9,11,13H2,1-2H3,(H,19,21). The Hall–Kier alpha value is -2.41. The minimum Gasteiger partial charge on any atom is -0.351 e. The van der Waals surface area contributed by atoms with Gasteiger partial charge < -0.3 is 9.88 Å². The molecular weight excluding hydrogens is 340 g/mol. The quantitative estimate of drug-likeness (QED) is 0.806. The number of aryl methyl sites for hydroxylation is 1. The van der Waals surface area contributed by atoms with Crippen LogP contribution < -0.4 is 10.9 Å². The van der Waals surface area contributed by atoms with Crippen molar-refractivity contribution in [2.24, 2.45) is 0 Å². The number of amides is 1. The first kappa shape index (κ1) is 18.9. The predicted molar refractivity (Wildman–Crippen MR) is 97.6 cm³/mol. The summed E-state index contributed by atoms with van der Waals surface area (Å²) in [5, 5.41) is 2.50. The van der Waals surface area contributed by atoms with Gasteiger partial charge in [0.1, 0.15) is 5.56 Å². The van der Waals surface area contributed by atoms with Crippen LogP contribution in [0.5, 0.6) is 0 Å². The number of carbonyl (C=O) groups is 1. The lowest BCUT2D eigenvalue weighted by Gasteiger charge is -2.09. The zero-order chi connectivity index (χ0) is 18.4.